The van der Waals surface area contributed by atoms with Gasteiger partial charge in [-0.25, -0.2) is 0 Å². The van der Waals surface area contributed by atoms with Crippen molar-refractivity contribution in [2.45, 2.75) is 50.5 Å². The predicted molar refractivity (Wildman–Crippen MR) is 70.8 cm³/mol. The molecular formula is C14H23N3O2. The van der Waals surface area contributed by atoms with Gasteiger partial charge in [-0.05, 0) is 38.1 Å². The smallest absolute Gasteiger partial charge is 0.234 e. The summed E-state index contributed by atoms with van der Waals surface area (Å²) in [6.45, 7) is 4.19. The van der Waals surface area contributed by atoms with E-state index in [1.54, 1.807) is 7.11 Å². The predicted octanol–water partition coefficient (Wildman–Crippen LogP) is 2.20. The Bertz CT molecular complexity index is 422. The van der Waals surface area contributed by atoms with Gasteiger partial charge in [0.2, 0.25) is 11.7 Å². The topological polar surface area (TPSA) is 60.2 Å². The summed E-state index contributed by atoms with van der Waals surface area (Å²) in [6.07, 6.45) is 5.77. The molecule has 0 bridgehead atoms. The molecule has 0 spiro atoms. The van der Waals surface area contributed by atoms with Crippen molar-refractivity contribution < 1.29 is 9.26 Å². The molecule has 0 amide bonds. The number of ether oxygens (including phenoxy) is 1. The molecule has 2 unspecified atom stereocenters. The lowest BCUT2D eigenvalue weighted by Crippen LogP contribution is -2.29. The molecule has 1 aromatic heterocycles. The van der Waals surface area contributed by atoms with Crippen LogP contribution >= 0.6 is 0 Å². The highest BCUT2D eigenvalue weighted by Gasteiger charge is 2.42. The zero-order valence-corrected chi connectivity index (χ0v) is 11.8. The molecule has 5 heteroatoms. The Morgan fingerprint density at radius 3 is 2.95 bits per heavy atom. The molecule has 19 heavy (non-hydrogen) atoms. The van der Waals surface area contributed by atoms with Crippen molar-refractivity contribution in [3.05, 3.63) is 11.7 Å². The largest absolute Gasteiger partial charge is 0.373 e. The normalized spacial score (nSPS) is 28.7. The first-order chi connectivity index (χ1) is 9.29. The molecule has 1 N–H and O–H groups in total. The Hall–Kier alpha value is -0.940. The lowest BCUT2D eigenvalue weighted by Gasteiger charge is -2.22. The fourth-order valence-electron chi connectivity index (χ4n) is 3.20. The van der Waals surface area contributed by atoms with E-state index in [-0.39, 0.29) is 11.5 Å². The number of methoxy groups -OCH3 is 1. The molecule has 2 fully saturated rings. The fourth-order valence-corrected chi connectivity index (χ4v) is 3.20. The van der Waals surface area contributed by atoms with Crippen LogP contribution in [0.2, 0.25) is 0 Å². The minimum atomic E-state index is 0.0190. The molecule has 3 rings (SSSR count). The quantitative estimate of drug-likeness (QED) is 0.854. The average molecular weight is 265 g/mol. The number of rotatable bonds is 6. The van der Waals surface area contributed by atoms with Crippen molar-refractivity contribution >= 4 is 0 Å². The maximum atomic E-state index is 5.58. The Morgan fingerprint density at radius 1 is 1.53 bits per heavy atom. The van der Waals surface area contributed by atoms with Gasteiger partial charge in [-0.2, -0.15) is 4.98 Å². The highest BCUT2D eigenvalue weighted by atomic mass is 16.5. The van der Waals surface area contributed by atoms with Crippen molar-refractivity contribution in [2.24, 2.45) is 5.92 Å². The van der Waals surface area contributed by atoms with Gasteiger partial charge < -0.3 is 14.6 Å². The SMILES string of the molecule is CCCC1(c2nc(C(OC)C3CC3)no2)CCNC1. The summed E-state index contributed by atoms with van der Waals surface area (Å²) in [4.78, 5) is 4.67. The van der Waals surface area contributed by atoms with Crippen LogP contribution in [0.4, 0.5) is 0 Å². The van der Waals surface area contributed by atoms with Crippen molar-refractivity contribution in [1.29, 1.82) is 0 Å². The molecule has 0 aromatic carbocycles. The molecule has 1 aliphatic heterocycles. The van der Waals surface area contributed by atoms with Crippen LogP contribution in [0.1, 0.15) is 56.8 Å². The van der Waals surface area contributed by atoms with Gasteiger partial charge in [0, 0.05) is 13.7 Å². The first-order valence-electron chi connectivity index (χ1n) is 7.36. The first kappa shape index (κ1) is 13.1. The molecule has 5 nitrogen and oxygen atoms in total. The molecular weight excluding hydrogens is 242 g/mol. The summed E-state index contributed by atoms with van der Waals surface area (Å²) >= 11 is 0. The summed E-state index contributed by atoms with van der Waals surface area (Å²) in [7, 11) is 1.73. The van der Waals surface area contributed by atoms with Crippen LogP contribution in [-0.4, -0.2) is 30.3 Å². The minimum Gasteiger partial charge on any atom is -0.373 e. The van der Waals surface area contributed by atoms with Gasteiger partial charge >= 0.3 is 0 Å². The van der Waals surface area contributed by atoms with Crippen LogP contribution in [-0.2, 0) is 10.2 Å². The maximum absolute atomic E-state index is 5.58. The summed E-state index contributed by atoms with van der Waals surface area (Å²) < 4.78 is 11.1. The second kappa shape index (κ2) is 5.21. The van der Waals surface area contributed by atoms with Gasteiger partial charge in [0.05, 0.1) is 5.41 Å². The van der Waals surface area contributed by atoms with E-state index in [4.69, 9.17) is 9.26 Å². The summed E-state index contributed by atoms with van der Waals surface area (Å²) in [6, 6.07) is 0. The van der Waals surface area contributed by atoms with Crippen LogP contribution in [0.5, 0.6) is 0 Å². The third-order valence-electron chi connectivity index (χ3n) is 4.43. The van der Waals surface area contributed by atoms with Crippen molar-refractivity contribution in [2.75, 3.05) is 20.2 Å². The molecule has 106 valence electrons. The highest BCUT2D eigenvalue weighted by molar-refractivity contribution is 5.11. The highest BCUT2D eigenvalue weighted by Crippen LogP contribution is 2.43. The molecule has 2 atom stereocenters. The Morgan fingerprint density at radius 2 is 2.37 bits per heavy atom. The molecule has 2 aliphatic rings. The van der Waals surface area contributed by atoms with Crippen LogP contribution in [0.25, 0.3) is 0 Å². The van der Waals surface area contributed by atoms with E-state index in [1.165, 1.54) is 12.8 Å². The van der Waals surface area contributed by atoms with Gasteiger partial charge in [0.1, 0.15) is 6.10 Å². The lowest BCUT2D eigenvalue weighted by atomic mass is 9.82. The van der Waals surface area contributed by atoms with Gasteiger partial charge in [-0.3, -0.25) is 0 Å². The van der Waals surface area contributed by atoms with E-state index >= 15 is 0 Å². The van der Waals surface area contributed by atoms with Crippen LogP contribution in [0.15, 0.2) is 4.52 Å². The maximum Gasteiger partial charge on any atom is 0.234 e. The summed E-state index contributed by atoms with van der Waals surface area (Å²) in [5.41, 5.74) is 0.0435. The van der Waals surface area contributed by atoms with E-state index < -0.39 is 0 Å². The van der Waals surface area contributed by atoms with Gasteiger partial charge in [0.25, 0.3) is 0 Å². The second-order valence-electron chi connectivity index (χ2n) is 5.91. The average Bonchev–Trinajstić information content (AvgIpc) is 2.92. The number of aromatic nitrogens is 2. The number of hydrogen-bond donors (Lipinski definition) is 1. The number of nitrogens with zero attached hydrogens (tertiary/aromatic N) is 2. The van der Waals surface area contributed by atoms with E-state index in [2.05, 4.69) is 22.4 Å². The van der Waals surface area contributed by atoms with Crippen molar-refractivity contribution in [3.8, 4) is 0 Å². The van der Waals surface area contributed by atoms with Crippen LogP contribution in [0, 0.1) is 5.92 Å². The zero-order chi connectivity index (χ0) is 13.3. The van der Waals surface area contributed by atoms with Gasteiger partial charge in [-0.1, -0.05) is 18.5 Å². The summed E-state index contributed by atoms with van der Waals surface area (Å²) in [5.74, 6) is 2.12. The van der Waals surface area contributed by atoms with Gasteiger partial charge in [-0.15, -0.1) is 0 Å². The zero-order valence-electron chi connectivity index (χ0n) is 11.8. The third kappa shape index (κ3) is 2.41. The molecule has 1 saturated heterocycles. The number of nitrogens with one attached hydrogen (secondary N) is 1. The molecule has 0 radical (unpaired) electrons. The lowest BCUT2D eigenvalue weighted by molar-refractivity contribution is 0.0751. The van der Waals surface area contributed by atoms with E-state index in [0.29, 0.717) is 5.92 Å². The van der Waals surface area contributed by atoms with Crippen molar-refractivity contribution in [3.63, 3.8) is 0 Å². The first-order valence-corrected chi connectivity index (χ1v) is 7.36. The molecule has 1 saturated carbocycles. The standard InChI is InChI=1S/C14H23N3O2/c1-3-6-14(7-8-15-9-14)13-16-12(17-19-13)11(18-2)10-4-5-10/h10-11,15H,3-9H2,1-2H3. The third-order valence-corrected chi connectivity index (χ3v) is 4.43. The molecule has 2 heterocycles. The second-order valence-corrected chi connectivity index (χ2v) is 5.91. The summed E-state index contributed by atoms with van der Waals surface area (Å²) in [5, 5.41) is 7.61. The molecule has 1 aromatic rings. The van der Waals surface area contributed by atoms with Gasteiger partial charge in [0.15, 0.2) is 0 Å². The Balaban J connectivity index is 1.82. The number of hydrogen-bond acceptors (Lipinski definition) is 5. The Labute approximate surface area is 114 Å². The van der Waals surface area contributed by atoms with E-state index in [1.807, 2.05) is 0 Å². The fraction of sp³-hybridized carbons (Fsp3) is 0.857. The van der Waals surface area contributed by atoms with E-state index in [9.17, 15) is 0 Å². The van der Waals surface area contributed by atoms with Crippen LogP contribution < -0.4 is 5.32 Å². The monoisotopic (exact) mass is 265 g/mol. The van der Waals surface area contributed by atoms with E-state index in [0.717, 1.165) is 44.1 Å². The van der Waals surface area contributed by atoms with Crippen molar-refractivity contribution in [1.82, 2.24) is 15.5 Å². The molecule has 1 aliphatic carbocycles. The minimum absolute atomic E-state index is 0.0190. The Kier molecular flexibility index (Phi) is 3.58. The van der Waals surface area contributed by atoms with Crippen LogP contribution in [0.3, 0.4) is 0 Å².